The number of rotatable bonds is 6. The Balaban J connectivity index is 4.32. The molecule has 0 aliphatic heterocycles. The van der Waals surface area contributed by atoms with Crippen molar-refractivity contribution >= 4 is 15.6 Å². The van der Waals surface area contributed by atoms with Crippen LogP contribution in [0.3, 0.4) is 0 Å². The van der Waals surface area contributed by atoms with Gasteiger partial charge in [-0.1, -0.05) is 6.92 Å². The number of hydrogen-bond donors (Lipinski definition) is 1. The molecular weight excluding hydrogens is 226 g/mol. The summed E-state index contributed by atoms with van der Waals surface area (Å²) < 4.78 is 22.8. The molecular formula is C11H23NO3S. The van der Waals surface area contributed by atoms with Crippen LogP contribution in [0, 0.1) is 5.92 Å². The molecule has 0 aliphatic carbocycles. The second-order valence-electron chi connectivity index (χ2n) is 5.11. The first kappa shape index (κ1) is 15.6. The molecule has 5 heteroatoms. The van der Waals surface area contributed by atoms with Crippen molar-refractivity contribution in [1.82, 2.24) is 5.32 Å². The van der Waals surface area contributed by atoms with Crippen LogP contribution in [-0.2, 0) is 14.6 Å². The molecule has 0 rings (SSSR count). The largest absolute Gasteiger partial charge is 0.319 e. The van der Waals surface area contributed by atoms with Crippen LogP contribution in [-0.4, -0.2) is 38.3 Å². The molecule has 0 fully saturated rings. The van der Waals surface area contributed by atoms with Crippen LogP contribution in [0.2, 0.25) is 0 Å². The van der Waals surface area contributed by atoms with Gasteiger partial charge in [0.15, 0.2) is 9.84 Å². The van der Waals surface area contributed by atoms with Gasteiger partial charge in [0.25, 0.3) is 0 Å². The maximum absolute atomic E-state index is 11.8. The summed E-state index contributed by atoms with van der Waals surface area (Å²) in [5.74, 6) is -0.175. The fourth-order valence-electron chi connectivity index (χ4n) is 1.21. The van der Waals surface area contributed by atoms with Gasteiger partial charge in [-0.15, -0.1) is 0 Å². The average molecular weight is 249 g/mol. The van der Waals surface area contributed by atoms with E-state index in [1.165, 1.54) is 0 Å². The SMILES string of the molecule is CNCC(C)C(=O)CCS(=O)(=O)C(C)(C)C. The highest BCUT2D eigenvalue weighted by Gasteiger charge is 2.29. The number of hydrogen-bond acceptors (Lipinski definition) is 4. The van der Waals surface area contributed by atoms with Crippen molar-refractivity contribution < 1.29 is 13.2 Å². The number of carbonyl (C=O) groups is 1. The number of carbonyl (C=O) groups excluding carboxylic acids is 1. The molecule has 0 saturated carbocycles. The summed E-state index contributed by atoms with van der Waals surface area (Å²) in [4.78, 5) is 11.6. The van der Waals surface area contributed by atoms with Crippen molar-refractivity contribution in [2.24, 2.45) is 5.92 Å². The second-order valence-corrected chi connectivity index (χ2v) is 7.97. The van der Waals surface area contributed by atoms with Gasteiger partial charge in [0.05, 0.1) is 10.5 Å². The molecule has 0 aromatic carbocycles. The van der Waals surface area contributed by atoms with Gasteiger partial charge in [-0.2, -0.15) is 0 Å². The van der Waals surface area contributed by atoms with Crippen molar-refractivity contribution in [3.63, 3.8) is 0 Å². The Bertz CT molecular complexity index is 328. The van der Waals surface area contributed by atoms with Crippen LogP contribution < -0.4 is 5.32 Å². The Hall–Kier alpha value is -0.420. The molecule has 0 aromatic rings. The van der Waals surface area contributed by atoms with E-state index in [-0.39, 0.29) is 23.9 Å². The maximum Gasteiger partial charge on any atom is 0.155 e. The first-order chi connectivity index (χ1) is 7.12. The van der Waals surface area contributed by atoms with Gasteiger partial charge in [0, 0.05) is 18.9 Å². The quantitative estimate of drug-likeness (QED) is 0.763. The zero-order chi connectivity index (χ0) is 13.0. The van der Waals surface area contributed by atoms with Crippen molar-refractivity contribution in [2.45, 2.75) is 38.9 Å². The molecule has 0 bridgehead atoms. The minimum Gasteiger partial charge on any atom is -0.319 e. The molecule has 0 aromatic heterocycles. The van der Waals surface area contributed by atoms with Crippen LogP contribution in [0.1, 0.15) is 34.1 Å². The zero-order valence-corrected chi connectivity index (χ0v) is 11.6. The number of Topliss-reactive ketones (excluding diaryl/α,β-unsaturated/α-hetero) is 1. The predicted molar refractivity (Wildman–Crippen MR) is 66.3 cm³/mol. The molecule has 96 valence electrons. The molecule has 1 unspecified atom stereocenters. The second kappa shape index (κ2) is 5.77. The van der Waals surface area contributed by atoms with E-state index in [1.54, 1.807) is 27.8 Å². The van der Waals surface area contributed by atoms with Crippen LogP contribution in [0.5, 0.6) is 0 Å². The lowest BCUT2D eigenvalue weighted by Crippen LogP contribution is -2.32. The van der Waals surface area contributed by atoms with Gasteiger partial charge in [-0.25, -0.2) is 8.42 Å². The van der Waals surface area contributed by atoms with E-state index in [4.69, 9.17) is 0 Å². The highest BCUT2D eigenvalue weighted by atomic mass is 32.2. The summed E-state index contributed by atoms with van der Waals surface area (Å²) in [5.41, 5.74) is 0. The van der Waals surface area contributed by atoms with E-state index >= 15 is 0 Å². The van der Waals surface area contributed by atoms with E-state index in [0.717, 1.165) is 0 Å². The van der Waals surface area contributed by atoms with Crippen LogP contribution in [0.15, 0.2) is 0 Å². The molecule has 0 aliphatic rings. The van der Waals surface area contributed by atoms with Gasteiger partial charge in [0.2, 0.25) is 0 Å². The van der Waals surface area contributed by atoms with Crippen molar-refractivity contribution in [3.05, 3.63) is 0 Å². The molecule has 1 N–H and O–H groups in total. The smallest absolute Gasteiger partial charge is 0.155 e. The lowest BCUT2D eigenvalue weighted by molar-refractivity contribution is -0.121. The normalized spacial score (nSPS) is 14.8. The third-order valence-corrected chi connectivity index (χ3v) is 5.22. The van der Waals surface area contributed by atoms with Crippen molar-refractivity contribution in [2.75, 3.05) is 19.3 Å². The number of sulfone groups is 1. The molecule has 16 heavy (non-hydrogen) atoms. The third-order valence-electron chi connectivity index (χ3n) is 2.61. The lowest BCUT2D eigenvalue weighted by atomic mass is 10.1. The predicted octanol–water partition coefficient (Wildman–Crippen LogP) is 1.01. The Morgan fingerprint density at radius 3 is 2.19 bits per heavy atom. The molecule has 0 saturated heterocycles. The van der Waals surface area contributed by atoms with Crippen molar-refractivity contribution in [1.29, 1.82) is 0 Å². The Kier molecular flexibility index (Phi) is 5.62. The molecule has 0 spiro atoms. The van der Waals surface area contributed by atoms with Crippen LogP contribution >= 0.6 is 0 Å². The highest BCUT2D eigenvalue weighted by Crippen LogP contribution is 2.17. The highest BCUT2D eigenvalue weighted by molar-refractivity contribution is 7.92. The molecule has 4 nitrogen and oxygen atoms in total. The average Bonchev–Trinajstić information content (AvgIpc) is 2.12. The van der Waals surface area contributed by atoms with E-state index < -0.39 is 14.6 Å². The summed E-state index contributed by atoms with van der Waals surface area (Å²) in [7, 11) is -1.41. The summed E-state index contributed by atoms with van der Waals surface area (Å²) >= 11 is 0. The van der Waals surface area contributed by atoms with Gasteiger partial charge < -0.3 is 5.32 Å². The van der Waals surface area contributed by atoms with E-state index in [0.29, 0.717) is 6.54 Å². The minimum absolute atomic E-state index is 0.00201. The summed E-state index contributed by atoms with van der Waals surface area (Å²) in [6.07, 6.45) is 0.114. The van der Waals surface area contributed by atoms with Crippen molar-refractivity contribution in [3.8, 4) is 0 Å². The van der Waals surface area contributed by atoms with Crippen LogP contribution in [0.25, 0.3) is 0 Å². The lowest BCUT2D eigenvalue weighted by Gasteiger charge is -2.19. The Morgan fingerprint density at radius 1 is 1.31 bits per heavy atom. The molecule has 0 heterocycles. The third kappa shape index (κ3) is 4.61. The van der Waals surface area contributed by atoms with E-state index in [1.807, 2.05) is 6.92 Å². The summed E-state index contributed by atoms with van der Waals surface area (Å²) in [5, 5.41) is 2.91. The summed E-state index contributed by atoms with van der Waals surface area (Å²) in [6, 6.07) is 0. The van der Waals surface area contributed by atoms with Gasteiger partial charge in [-0.05, 0) is 27.8 Å². The van der Waals surface area contributed by atoms with Gasteiger partial charge >= 0.3 is 0 Å². The number of ketones is 1. The fourth-order valence-corrected chi connectivity index (χ4v) is 2.29. The summed E-state index contributed by atoms with van der Waals surface area (Å²) in [6.45, 7) is 7.37. The van der Waals surface area contributed by atoms with Gasteiger partial charge in [0.1, 0.15) is 5.78 Å². The zero-order valence-electron chi connectivity index (χ0n) is 10.8. The molecule has 0 radical (unpaired) electrons. The topological polar surface area (TPSA) is 63.2 Å². The molecule has 1 atom stereocenters. The first-order valence-corrected chi connectivity index (χ1v) is 7.16. The maximum atomic E-state index is 11.8. The van der Waals surface area contributed by atoms with E-state index in [9.17, 15) is 13.2 Å². The first-order valence-electron chi connectivity index (χ1n) is 5.51. The molecule has 0 amide bonds. The van der Waals surface area contributed by atoms with Gasteiger partial charge in [-0.3, -0.25) is 4.79 Å². The van der Waals surface area contributed by atoms with Crippen LogP contribution in [0.4, 0.5) is 0 Å². The minimum atomic E-state index is -3.18. The van der Waals surface area contributed by atoms with E-state index in [2.05, 4.69) is 5.32 Å². The Labute approximate surface area is 98.7 Å². The number of nitrogens with one attached hydrogen (secondary N) is 1. The standard InChI is InChI=1S/C11H23NO3S/c1-9(8-12-5)10(13)6-7-16(14,15)11(2,3)4/h9,12H,6-8H2,1-5H3. The monoisotopic (exact) mass is 249 g/mol. The Morgan fingerprint density at radius 2 is 1.81 bits per heavy atom. The fraction of sp³-hybridized carbons (Fsp3) is 0.909.